The molecule has 1 aliphatic carbocycles. The van der Waals surface area contributed by atoms with Crippen molar-refractivity contribution in [2.24, 2.45) is 0 Å². The first-order valence-electron chi connectivity index (χ1n) is 8.13. The Kier molecular flexibility index (Phi) is 6.21. The molecule has 4 heteroatoms. The molecule has 0 aromatic heterocycles. The van der Waals surface area contributed by atoms with Gasteiger partial charge in [0, 0.05) is 18.3 Å². The lowest BCUT2D eigenvalue weighted by Crippen LogP contribution is -2.44. The van der Waals surface area contributed by atoms with Crippen LogP contribution >= 0.6 is 12.2 Å². The molecule has 0 aliphatic heterocycles. The predicted octanol–water partition coefficient (Wildman–Crippen LogP) is 4.55. The number of benzene rings is 1. The second-order valence-electron chi connectivity index (χ2n) is 6.12. The first-order chi connectivity index (χ1) is 10.6. The zero-order valence-electron chi connectivity index (χ0n) is 13.6. The molecule has 0 unspecified atom stereocenters. The Morgan fingerprint density at radius 2 is 2.00 bits per heavy atom. The number of aryl methyl sites for hydroxylation is 2. The molecule has 1 fully saturated rings. The van der Waals surface area contributed by atoms with E-state index in [1.165, 1.54) is 43.2 Å². The van der Waals surface area contributed by atoms with Crippen molar-refractivity contribution >= 4 is 23.0 Å². The normalized spacial score (nSPS) is 15.1. The molecule has 22 heavy (non-hydrogen) atoms. The topological polar surface area (TPSA) is 39.1 Å². The van der Waals surface area contributed by atoms with Crippen molar-refractivity contribution in [3.63, 3.8) is 0 Å². The average molecular weight is 315 g/mol. The molecule has 0 saturated heterocycles. The Balaban J connectivity index is 2.06. The highest BCUT2D eigenvalue weighted by Gasteiger charge is 2.23. The van der Waals surface area contributed by atoms with Crippen LogP contribution in [0.5, 0.6) is 0 Å². The Bertz CT molecular complexity index is 556. The minimum absolute atomic E-state index is 0.480. The Labute approximate surface area is 139 Å². The molecule has 0 spiro atoms. The Morgan fingerprint density at radius 1 is 1.27 bits per heavy atom. The standard InChI is InChI=1S/C18H25N3S/c1-14-9-10-16(13-15(14)2)20-18(22)21(12-6-11-19)17-7-4-3-5-8-17/h9-10,13,17H,3-8,12H2,1-2H3,(H,20,22). The zero-order chi connectivity index (χ0) is 15.9. The maximum Gasteiger partial charge on any atom is 0.173 e. The number of anilines is 1. The van der Waals surface area contributed by atoms with E-state index in [0.717, 1.165) is 17.3 Å². The summed E-state index contributed by atoms with van der Waals surface area (Å²) >= 11 is 5.63. The number of nitrogens with zero attached hydrogens (tertiary/aromatic N) is 2. The van der Waals surface area contributed by atoms with Crippen molar-refractivity contribution in [3.8, 4) is 6.07 Å². The number of thiocarbonyl (C=S) groups is 1. The summed E-state index contributed by atoms with van der Waals surface area (Å²) in [6.45, 7) is 4.94. The zero-order valence-corrected chi connectivity index (χ0v) is 14.4. The van der Waals surface area contributed by atoms with Gasteiger partial charge in [0.25, 0.3) is 0 Å². The highest BCUT2D eigenvalue weighted by Crippen LogP contribution is 2.24. The van der Waals surface area contributed by atoms with E-state index < -0.39 is 0 Å². The predicted molar refractivity (Wildman–Crippen MR) is 95.9 cm³/mol. The van der Waals surface area contributed by atoms with Gasteiger partial charge in [-0.3, -0.25) is 0 Å². The van der Waals surface area contributed by atoms with Gasteiger partial charge in [-0.25, -0.2) is 0 Å². The van der Waals surface area contributed by atoms with Gasteiger partial charge in [-0.1, -0.05) is 25.3 Å². The van der Waals surface area contributed by atoms with Crippen LogP contribution in [0.1, 0.15) is 49.7 Å². The SMILES string of the molecule is Cc1ccc(NC(=S)N(CCC#N)C2CCCCC2)cc1C. The van der Waals surface area contributed by atoms with Crippen molar-refractivity contribution in [1.82, 2.24) is 4.90 Å². The van der Waals surface area contributed by atoms with Gasteiger partial charge in [0.15, 0.2) is 5.11 Å². The molecule has 0 bridgehead atoms. The minimum atomic E-state index is 0.480. The van der Waals surface area contributed by atoms with Crippen LogP contribution in [0.2, 0.25) is 0 Å². The van der Waals surface area contributed by atoms with Crippen LogP contribution in [-0.4, -0.2) is 22.6 Å². The highest BCUT2D eigenvalue weighted by atomic mass is 32.1. The largest absolute Gasteiger partial charge is 0.345 e. The van der Waals surface area contributed by atoms with Crippen molar-refractivity contribution < 1.29 is 0 Å². The third kappa shape index (κ3) is 4.45. The maximum atomic E-state index is 8.91. The molecular formula is C18H25N3S. The molecule has 0 radical (unpaired) electrons. The molecule has 118 valence electrons. The minimum Gasteiger partial charge on any atom is -0.345 e. The van der Waals surface area contributed by atoms with E-state index in [9.17, 15) is 0 Å². The monoisotopic (exact) mass is 315 g/mol. The van der Waals surface area contributed by atoms with Gasteiger partial charge in [-0.2, -0.15) is 5.26 Å². The molecule has 1 N–H and O–H groups in total. The molecule has 1 aliphatic rings. The second kappa shape index (κ2) is 8.14. The smallest absolute Gasteiger partial charge is 0.173 e. The van der Waals surface area contributed by atoms with Gasteiger partial charge in [-0.05, 0) is 62.2 Å². The molecular weight excluding hydrogens is 290 g/mol. The number of rotatable bonds is 4. The van der Waals surface area contributed by atoms with Crippen molar-refractivity contribution in [3.05, 3.63) is 29.3 Å². The summed E-state index contributed by atoms with van der Waals surface area (Å²) in [6.07, 6.45) is 6.73. The second-order valence-corrected chi connectivity index (χ2v) is 6.51. The molecule has 1 saturated carbocycles. The Morgan fingerprint density at radius 3 is 2.64 bits per heavy atom. The van der Waals surface area contributed by atoms with Crippen LogP contribution in [-0.2, 0) is 0 Å². The van der Waals surface area contributed by atoms with Gasteiger partial charge in [0.1, 0.15) is 0 Å². The van der Waals surface area contributed by atoms with E-state index in [1.807, 2.05) is 0 Å². The van der Waals surface area contributed by atoms with Crippen molar-refractivity contribution in [1.29, 1.82) is 5.26 Å². The van der Waals surface area contributed by atoms with E-state index in [1.54, 1.807) is 0 Å². The first-order valence-corrected chi connectivity index (χ1v) is 8.54. The summed E-state index contributed by atoms with van der Waals surface area (Å²) in [5, 5.41) is 13.0. The molecule has 3 nitrogen and oxygen atoms in total. The summed E-state index contributed by atoms with van der Waals surface area (Å²) in [7, 11) is 0. The average Bonchev–Trinajstić information content (AvgIpc) is 2.52. The fraction of sp³-hybridized carbons (Fsp3) is 0.556. The van der Waals surface area contributed by atoms with Crippen LogP contribution in [0.25, 0.3) is 0 Å². The van der Waals surface area contributed by atoms with Gasteiger partial charge < -0.3 is 10.2 Å². The third-order valence-corrected chi connectivity index (χ3v) is 4.84. The number of hydrogen-bond acceptors (Lipinski definition) is 2. The fourth-order valence-electron chi connectivity index (χ4n) is 3.03. The number of hydrogen-bond donors (Lipinski definition) is 1. The van der Waals surface area contributed by atoms with Gasteiger partial charge in [0.05, 0.1) is 12.5 Å². The van der Waals surface area contributed by atoms with Gasteiger partial charge >= 0.3 is 0 Å². The van der Waals surface area contributed by atoms with Gasteiger partial charge in [-0.15, -0.1) is 0 Å². The summed E-state index contributed by atoms with van der Waals surface area (Å²) in [5.41, 5.74) is 3.57. The summed E-state index contributed by atoms with van der Waals surface area (Å²) in [6, 6.07) is 9.03. The first kappa shape index (κ1) is 16.8. The molecule has 0 amide bonds. The van der Waals surface area contributed by atoms with Crippen LogP contribution in [0, 0.1) is 25.2 Å². The van der Waals surface area contributed by atoms with E-state index in [4.69, 9.17) is 17.5 Å². The quantitative estimate of drug-likeness (QED) is 0.827. The van der Waals surface area contributed by atoms with E-state index >= 15 is 0 Å². The van der Waals surface area contributed by atoms with E-state index in [0.29, 0.717) is 12.5 Å². The molecule has 0 heterocycles. The Hall–Kier alpha value is -1.60. The lowest BCUT2D eigenvalue weighted by atomic mass is 9.94. The summed E-state index contributed by atoms with van der Waals surface area (Å²) < 4.78 is 0. The summed E-state index contributed by atoms with van der Waals surface area (Å²) in [5.74, 6) is 0. The number of nitriles is 1. The summed E-state index contributed by atoms with van der Waals surface area (Å²) in [4.78, 5) is 2.23. The fourth-order valence-corrected chi connectivity index (χ4v) is 3.39. The lowest BCUT2D eigenvalue weighted by molar-refractivity contribution is 0.250. The van der Waals surface area contributed by atoms with Crippen molar-refractivity contribution in [2.45, 2.75) is 58.4 Å². The molecule has 1 aromatic carbocycles. The van der Waals surface area contributed by atoms with Crippen LogP contribution in [0.4, 0.5) is 5.69 Å². The highest BCUT2D eigenvalue weighted by molar-refractivity contribution is 7.80. The van der Waals surface area contributed by atoms with E-state index in [2.05, 4.69) is 48.3 Å². The molecule has 1 aromatic rings. The molecule has 2 rings (SSSR count). The van der Waals surface area contributed by atoms with Crippen molar-refractivity contribution in [2.75, 3.05) is 11.9 Å². The third-order valence-electron chi connectivity index (χ3n) is 4.50. The molecule has 0 atom stereocenters. The lowest BCUT2D eigenvalue weighted by Gasteiger charge is -2.36. The van der Waals surface area contributed by atoms with E-state index in [-0.39, 0.29) is 0 Å². The van der Waals surface area contributed by atoms with Gasteiger partial charge in [0.2, 0.25) is 0 Å². The van der Waals surface area contributed by atoms with Crippen LogP contribution < -0.4 is 5.32 Å². The number of nitrogens with one attached hydrogen (secondary N) is 1. The van der Waals surface area contributed by atoms with Crippen LogP contribution in [0.15, 0.2) is 18.2 Å². The van der Waals surface area contributed by atoms with Crippen LogP contribution in [0.3, 0.4) is 0 Å². The maximum absolute atomic E-state index is 8.91.